The number of hydrogen-bond acceptors (Lipinski definition) is 5. The van der Waals surface area contributed by atoms with Crippen molar-refractivity contribution < 1.29 is 9.53 Å². The van der Waals surface area contributed by atoms with Gasteiger partial charge in [0.05, 0.1) is 21.7 Å². The number of rotatable bonds is 6. The molecule has 138 valence electrons. The molecular weight excluding hydrogens is 429 g/mol. The monoisotopic (exact) mass is 439 g/mol. The first-order valence-electron chi connectivity index (χ1n) is 7.63. The summed E-state index contributed by atoms with van der Waals surface area (Å²) in [6.45, 7) is 0.399. The number of thiazole rings is 1. The lowest BCUT2D eigenvalue weighted by Gasteiger charge is -2.04. The molecule has 2 aromatic carbocycles. The van der Waals surface area contributed by atoms with E-state index < -0.39 is 5.91 Å². The molecule has 1 N–H and O–H groups in total. The van der Waals surface area contributed by atoms with E-state index in [2.05, 4.69) is 15.5 Å². The van der Waals surface area contributed by atoms with Crippen LogP contribution in [0.5, 0.6) is 5.75 Å². The Labute approximate surface area is 174 Å². The Morgan fingerprint density at radius 2 is 1.96 bits per heavy atom. The van der Waals surface area contributed by atoms with Crippen LogP contribution >= 0.6 is 46.1 Å². The number of hydrazone groups is 1. The predicted octanol–water partition coefficient (Wildman–Crippen LogP) is 5.45. The third kappa shape index (κ3) is 5.68. The lowest BCUT2D eigenvalue weighted by atomic mass is 10.2. The summed E-state index contributed by atoms with van der Waals surface area (Å²) in [6, 6.07) is 11.9. The molecule has 0 aliphatic heterocycles. The third-order valence-electron chi connectivity index (χ3n) is 3.34. The van der Waals surface area contributed by atoms with Gasteiger partial charge < -0.3 is 4.74 Å². The fourth-order valence-corrected chi connectivity index (χ4v) is 3.44. The molecular formula is C18H12Cl3N3O2S. The highest BCUT2D eigenvalue weighted by Gasteiger charge is 2.09. The molecule has 1 amide bonds. The van der Waals surface area contributed by atoms with Crippen molar-refractivity contribution in [3.63, 3.8) is 0 Å². The topological polar surface area (TPSA) is 63.6 Å². The van der Waals surface area contributed by atoms with Gasteiger partial charge in [0.2, 0.25) is 0 Å². The Bertz CT molecular complexity index is 974. The second-order valence-electron chi connectivity index (χ2n) is 5.26. The van der Waals surface area contributed by atoms with Crippen molar-refractivity contribution in [3.05, 3.63) is 79.2 Å². The number of carbonyl (C=O) groups is 1. The van der Waals surface area contributed by atoms with Crippen LogP contribution in [-0.2, 0) is 6.61 Å². The average molecular weight is 441 g/mol. The van der Waals surface area contributed by atoms with E-state index in [1.165, 1.54) is 29.7 Å². The number of ether oxygens (including phenoxy) is 1. The zero-order chi connectivity index (χ0) is 19.2. The van der Waals surface area contributed by atoms with Crippen LogP contribution in [0.15, 0.2) is 53.8 Å². The summed E-state index contributed by atoms with van der Waals surface area (Å²) in [7, 11) is 0. The zero-order valence-electron chi connectivity index (χ0n) is 13.7. The molecule has 1 aromatic heterocycles. The summed E-state index contributed by atoms with van der Waals surface area (Å²) in [4.78, 5) is 17.0. The van der Waals surface area contributed by atoms with Crippen LogP contribution in [0.2, 0.25) is 14.5 Å². The normalized spacial score (nSPS) is 10.9. The molecule has 27 heavy (non-hydrogen) atoms. The van der Waals surface area contributed by atoms with Crippen molar-refractivity contribution in [3.8, 4) is 5.75 Å². The quantitative estimate of drug-likeness (QED) is 0.410. The van der Waals surface area contributed by atoms with Crippen LogP contribution in [0.4, 0.5) is 0 Å². The van der Waals surface area contributed by atoms with E-state index in [4.69, 9.17) is 39.5 Å². The van der Waals surface area contributed by atoms with Gasteiger partial charge in [-0.25, -0.2) is 10.4 Å². The third-order valence-corrected chi connectivity index (χ3v) is 4.98. The number of aromatic nitrogens is 1. The first-order chi connectivity index (χ1) is 13.0. The fourth-order valence-electron chi connectivity index (χ4n) is 2.05. The highest BCUT2D eigenvalue weighted by atomic mass is 35.5. The lowest BCUT2D eigenvalue weighted by Crippen LogP contribution is -2.18. The van der Waals surface area contributed by atoms with E-state index in [0.29, 0.717) is 27.4 Å². The molecule has 3 aromatic rings. The number of nitrogens with zero attached hydrogens (tertiary/aromatic N) is 2. The van der Waals surface area contributed by atoms with Gasteiger partial charge in [-0.1, -0.05) is 34.8 Å². The van der Waals surface area contributed by atoms with Gasteiger partial charge in [0, 0.05) is 11.2 Å². The molecule has 0 saturated heterocycles. The van der Waals surface area contributed by atoms with Gasteiger partial charge in [-0.2, -0.15) is 5.10 Å². The Balaban J connectivity index is 1.53. The van der Waals surface area contributed by atoms with Crippen LogP contribution in [0.1, 0.15) is 20.8 Å². The molecule has 0 fully saturated rings. The van der Waals surface area contributed by atoms with Crippen molar-refractivity contribution in [1.82, 2.24) is 10.4 Å². The largest absolute Gasteiger partial charge is 0.488 e. The minimum absolute atomic E-state index is 0.263. The maximum atomic E-state index is 12.1. The van der Waals surface area contributed by atoms with E-state index in [0.717, 1.165) is 10.4 Å². The molecule has 0 unspecified atom stereocenters. The van der Waals surface area contributed by atoms with Crippen molar-refractivity contribution in [2.45, 2.75) is 6.61 Å². The van der Waals surface area contributed by atoms with Crippen LogP contribution in [0, 0.1) is 0 Å². The van der Waals surface area contributed by atoms with E-state index in [1.807, 2.05) is 24.3 Å². The molecule has 0 atom stereocenters. The summed E-state index contributed by atoms with van der Waals surface area (Å²) in [6.07, 6.45) is 3.21. The van der Waals surface area contributed by atoms with Gasteiger partial charge >= 0.3 is 0 Å². The van der Waals surface area contributed by atoms with Crippen LogP contribution in [-0.4, -0.2) is 17.1 Å². The first-order valence-corrected chi connectivity index (χ1v) is 9.58. The van der Waals surface area contributed by atoms with Gasteiger partial charge in [-0.15, -0.1) is 11.3 Å². The summed E-state index contributed by atoms with van der Waals surface area (Å²) >= 11 is 19.0. The minimum atomic E-state index is -0.420. The van der Waals surface area contributed by atoms with Gasteiger partial charge in [0.15, 0.2) is 4.47 Å². The van der Waals surface area contributed by atoms with E-state index >= 15 is 0 Å². The highest BCUT2D eigenvalue weighted by Crippen LogP contribution is 2.21. The minimum Gasteiger partial charge on any atom is -0.488 e. The van der Waals surface area contributed by atoms with Gasteiger partial charge in [-0.3, -0.25) is 4.79 Å². The Morgan fingerprint density at radius 3 is 2.63 bits per heavy atom. The highest BCUT2D eigenvalue weighted by molar-refractivity contribution is 7.15. The molecule has 0 radical (unpaired) electrons. The predicted molar refractivity (Wildman–Crippen MR) is 109 cm³/mol. The summed E-state index contributed by atoms with van der Waals surface area (Å²) in [5, 5.41) is 4.65. The summed E-state index contributed by atoms with van der Waals surface area (Å²) in [5.41, 5.74) is 3.52. The van der Waals surface area contributed by atoms with Crippen molar-refractivity contribution in [1.29, 1.82) is 0 Å². The fraction of sp³-hybridized carbons (Fsp3) is 0.0556. The second-order valence-corrected chi connectivity index (χ2v) is 7.80. The van der Waals surface area contributed by atoms with Gasteiger partial charge in [-0.05, 0) is 48.0 Å². The number of amides is 1. The van der Waals surface area contributed by atoms with E-state index in [-0.39, 0.29) is 5.02 Å². The Kier molecular flexibility index (Phi) is 6.68. The molecule has 0 aliphatic rings. The number of halogens is 3. The van der Waals surface area contributed by atoms with Gasteiger partial charge in [0.1, 0.15) is 12.4 Å². The number of benzene rings is 2. The molecule has 0 saturated carbocycles. The Morgan fingerprint density at radius 1 is 1.19 bits per heavy atom. The smallest absolute Gasteiger partial charge is 0.272 e. The van der Waals surface area contributed by atoms with Crippen molar-refractivity contribution in [2.75, 3.05) is 0 Å². The first kappa shape index (κ1) is 19.6. The molecule has 5 nitrogen and oxygen atoms in total. The lowest BCUT2D eigenvalue weighted by molar-refractivity contribution is 0.0955. The van der Waals surface area contributed by atoms with E-state index in [1.54, 1.807) is 12.3 Å². The maximum absolute atomic E-state index is 12.1. The summed E-state index contributed by atoms with van der Waals surface area (Å²) < 4.78 is 6.14. The molecule has 0 aliphatic carbocycles. The molecule has 3 rings (SSSR count). The maximum Gasteiger partial charge on any atom is 0.272 e. The van der Waals surface area contributed by atoms with Crippen molar-refractivity contribution in [2.24, 2.45) is 5.10 Å². The molecule has 9 heteroatoms. The SMILES string of the molecule is O=C(NN=Cc1ccc(OCc2cnc(Cl)s2)cc1)c1ccc(Cl)cc1Cl. The van der Waals surface area contributed by atoms with Crippen LogP contribution in [0.25, 0.3) is 0 Å². The zero-order valence-corrected chi connectivity index (χ0v) is 16.7. The standard InChI is InChI=1S/C18H12Cl3N3O2S/c19-12-3-6-15(16(20)7-12)17(25)24-23-8-11-1-4-13(5-2-11)26-10-14-9-22-18(21)27-14/h1-9H,10H2,(H,24,25). The van der Waals surface area contributed by atoms with Gasteiger partial charge in [0.25, 0.3) is 5.91 Å². The molecule has 0 bridgehead atoms. The average Bonchev–Trinajstić information content (AvgIpc) is 3.06. The van der Waals surface area contributed by atoms with E-state index in [9.17, 15) is 4.79 Å². The summed E-state index contributed by atoms with van der Waals surface area (Å²) in [5.74, 6) is 0.282. The second kappa shape index (κ2) is 9.19. The number of nitrogens with one attached hydrogen (secondary N) is 1. The Hall–Kier alpha value is -2.12. The van der Waals surface area contributed by atoms with Crippen LogP contribution in [0.3, 0.4) is 0 Å². The van der Waals surface area contributed by atoms with Crippen LogP contribution < -0.4 is 10.2 Å². The number of hydrogen-bond donors (Lipinski definition) is 1. The molecule has 0 spiro atoms. The number of carbonyl (C=O) groups excluding carboxylic acids is 1. The molecule has 1 heterocycles. The van der Waals surface area contributed by atoms with Crippen molar-refractivity contribution >= 4 is 58.3 Å².